The van der Waals surface area contributed by atoms with Gasteiger partial charge in [0.15, 0.2) is 0 Å². The van der Waals surface area contributed by atoms with Gasteiger partial charge < -0.3 is 18.9 Å². The summed E-state index contributed by atoms with van der Waals surface area (Å²) in [5.74, 6) is 0. The predicted octanol–water partition coefficient (Wildman–Crippen LogP) is 35.8. The lowest BCUT2D eigenvalue weighted by molar-refractivity contribution is 0.749. The van der Waals surface area contributed by atoms with Crippen LogP contribution < -0.4 is 9.80 Å². The van der Waals surface area contributed by atoms with E-state index in [0.717, 1.165) is 84.0 Å². The van der Waals surface area contributed by atoms with Crippen LogP contribution in [-0.2, 0) is 10.8 Å². The Bertz CT molecular complexity index is 9430. The van der Waals surface area contributed by atoms with E-state index >= 15 is 0 Å². The van der Waals surface area contributed by atoms with Gasteiger partial charge in [0, 0.05) is 54.8 Å². The fourth-order valence-electron chi connectivity index (χ4n) is 25.0. The van der Waals surface area contributed by atoms with Gasteiger partial charge in [-0.1, -0.05) is 425 Å². The summed E-state index contributed by atoms with van der Waals surface area (Å²) in [5.41, 5.74) is 46.6. The van der Waals surface area contributed by atoms with E-state index < -0.39 is 10.8 Å². The molecule has 0 fully saturated rings. The van der Waals surface area contributed by atoms with Gasteiger partial charge in [0.2, 0.25) is 0 Å². The van der Waals surface area contributed by atoms with Gasteiger partial charge in [0.25, 0.3) is 0 Å². The summed E-state index contributed by atoms with van der Waals surface area (Å²) in [6.07, 6.45) is 0. The van der Waals surface area contributed by atoms with E-state index in [4.69, 9.17) is 0 Å². The number of benzene rings is 23. The molecule has 2 aliphatic carbocycles. The van der Waals surface area contributed by atoms with Gasteiger partial charge in [-0.05, 0) is 252 Å². The Morgan fingerprint density at radius 3 is 0.971 bits per heavy atom. The van der Waals surface area contributed by atoms with Gasteiger partial charge in [0.1, 0.15) is 0 Å². The van der Waals surface area contributed by atoms with Gasteiger partial charge in [-0.15, -0.1) is 0 Å². The molecule has 2 aromatic heterocycles. The zero-order valence-electron chi connectivity index (χ0n) is 76.4. The van der Waals surface area contributed by atoms with Crippen LogP contribution in [0.3, 0.4) is 0 Å². The Kier molecular flexibility index (Phi) is 17.6. The van der Waals surface area contributed by atoms with E-state index in [1.165, 1.54) is 182 Å². The van der Waals surface area contributed by atoms with Crippen LogP contribution in [0.2, 0.25) is 0 Å². The van der Waals surface area contributed by atoms with Gasteiger partial charge >= 0.3 is 0 Å². The van der Waals surface area contributed by atoms with Crippen LogP contribution in [0, 0.1) is 0 Å². The molecule has 2 spiro atoms. The molecule has 29 rings (SSSR count). The molecule has 23 aromatic carbocycles. The Morgan fingerprint density at radius 2 is 0.457 bits per heavy atom. The molecule has 4 nitrogen and oxygen atoms in total. The molecule has 0 radical (unpaired) electrons. The van der Waals surface area contributed by atoms with Gasteiger partial charge in [-0.25, -0.2) is 0 Å². The molecule has 650 valence electrons. The first kappa shape index (κ1) is 79.2. The molecule has 4 heteroatoms. The Labute approximate surface area is 812 Å². The SMILES string of the molecule is c1ccc(-c2ccc(-c3ccccc3N(c3ccc(-c4cccc(-c5ccc6c(c5)c5cccc7c5n6-c5ccccc5C75c6ccccc6-c6ccc(-c7ccc(N(c8ccccc8)c8ccccc8-c8ccc(-c9ccccc9)cc8)c8ccccc78)cc65)c4)cc3)c3ccc(-c4ccc5c(c4)C4(c6ccccc6-5)c5ccccc5-n5c6ccccc6c6cccc4c65)c4ccccc34)cc2)cc1. The Hall–Kier alpha value is -18.2. The molecule has 2 aliphatic heterocycles. The van der Waals surface area contributed by atoms with Crippen LogP contribution in [0.15, 0.2) is 522 Å². The number of aromatic nitrogens is 2. The first-order valence-corrected chi connectivity index (χ1v) is 48.7. The van der Waals surface area contributed by atoms with Crippen LogP contribution >= 0.6 is 0 Å². The van der Waals surface area contributed by atoms with E-state index in [0.29, 0.717) is 0 Å². The number of anilines is 6. The smallest absolute Gasteiger partial charge is 0.0754 e. The van der Waals surface area contributed by atoms with Gasteiger partial charge in [0.05, 0.1) is 67.0 Å². The molecule has 4 heterocycles. The topological polar surface area (TPSA) is 16.3 Å². The van der Waals surface area contributed by atoms with Gasteiger partial charge in [-0.3, -0.25) is 0 Å². The number of nitrogens with zero attached hydrogens (tertiary/aromatic N) is 4. The van der Waals surface area contributed by atoms with Crippen molar-refractivity contribution in [2.24, 2.45) is 0 Å². The molecule has 0 N–H and O–H groups in total. The number of hydrogen-bond acceptors (Lipinski definition) is 2. The van der Waals surface area contributed by atoms with Crippen molar-refractivity contribution in [3.05, 3.63) is 566 Å². The Morgan fingerprint density at radius 1 is 0.143 bits per heavy atom. The van der Waals surface area contributed by atoms with Crippen LogP contribution in [0.25, 0.3) is 188 Å². The van der Waals surface area contributed by atoms with E-state index in [1.807, 2.05) is 0 Å². The molecular formula is C136H86N4. The summed E-state index contributed by atoms with van der Waals surface area (Å²) >= 11 is 0. The summed E-state index contributed by atoms with van der Waals surface area (Å²) in [6, 6.07) is 196. The largest absolute Gasteiger partial charge is 0.309 e. The van der Waals surface area contributed by atoms with Crippen LogP contribution in [0.4, 0.5) is 34.1 Å². The summed E-state index contributed by atoms with van der Waals surface area (Å²) in [6.45, 7) is 0. The minimum absolute atomic E-state index is 0.595. The summed E-state index contributed by atoms with van der Waals surface area (Å²) < 4.78 is 5.11. The highest BCUT2D eigenvalue weighted by Crippen LogP contribution is 2.65. The maximum absolute atomic E-state index is 2.58. The molecule has 0 saturated carbocycles. The molecule has 0 bridgehead atoms. The lowest BCUT2D eigenvalue weighted by Crippen LogP contribution is -2.33. The van der Waals surface area contributed by atoms with Gasteiger partial charge in [-0.2, -0.15) is 0 Å². The average Bonchev–Trinajstić information content (AvgIpc) is 1.49. The normalized spacial score (nSPS) is 14.3. The second kappa shape index (κ2) is 31.2. The van der Waals surface area contributed by atoms with Crippen molar-refractivity contribution in [1.29, 1.82) is 0 Å². The predicted molar refractivity (Wildman–Crippen MR) is 585 cm³/mol. The van der Waals surface area contributed by atoms with Crippen molar-refractivity contribution in [3.63, 3.8) is 0 Å². The van der Waals surface area contributed by atoms with Crippen LogP contribution in [0.5, 0.6) is 0 Å². The van der Waals surface area contributed by atoms with Crippen LogP contribution in [-0.4, -0.2) is 9.13 Å². The van der Waals surface area contributed by atoms with Crippen molar-refractivity contribution >= 4 is 99.3 Å². The minimum Gasteiger partial charge on any atom is -0.309 e. The monoisotopic (exact) mass is 1770 g/mol. The third-order valence-corrected chi connectivity index (χ3v) is 30.9. The highest BCUT2D eigenvalue weighted by Gasteiger charge is 2.53. The second-order valence-corrected chi connectivity index (χ2v) is 37.9. The fourth-order valence-corrected chi connectivity index (χ4v) is 25.0. The highest BCUT2D eigenvalue weighted by atomic mass is 15.2. The minimum atomic E-state index is -0.666. The molecule has 25 aromatic rings. The first-order valence-electron chi connectivity index (χ1n) is 48.7. The molecule has 140 heavy (non-hydrogen) atoms. The number of hydrogen-bond donors (Lipinski definition) is 0. The van der Waals surface area contributed by atoms with Crippen molar-refractivity contribution in [2.75, 3.05) is 9.80 Å². The third-order valence-electron chi connectivity index (χ3n) is 30.9. The molecule has 2 unspecified atom stereocenters. The number of rotatable bonds is 14. The summed E-state index contributed by atoms with van der Waals surface area (Å²) in [5, 5.41) is 9.66. The van der Waals surface area contributed by atoms with Crippen molar-refractivity contribution < 1.29 is 0 Å². The zero-order valence-corrected chi connectivity index (χ0v) is 76.4. The molecule has 4 aliphatic rings. The molecule has 0 amide bonds. The molecular weight excluding hydrogens is 1690 g/mol. The van der Waals surface area contributed by atoms with E-state index in [1.54, 1.807) is 0 Å². The van der Waals surface area contributed by atoms with E-state index in [-0.39, 0.29) is 0 Å². The average molecular weight is 1780 g/mol. The van der Waals surface area contributed by atoms with Crippen molar-refractivity contribution in [3.8, 4) is 123 Å². The van der Waals surface area contributed by atoms with Crippen LogP contribution in [0.1, 0.15) is 44.5 Å². The fraction of sp³-hybridized carbons (Fsp3) is 0.0147. The Balaban J connectivity index is 0.534. The number of para-hydroxylation sites is 8. The van der Waals surface area contributed by atoms with Crippen molar-refractivity contribution in [2.45, 2.75) is 10.8 Å². The quantitative estimate of drug-likeness (QED) is 0.108. The maximum atomic E-state index is 2.58. The lowest BCUT2D eigenvalue weighted by Gasteiger charge is -2.39. The second-order valence-electron chi connectivity index (χ2n) is 37.9. The summed E-state index contributed by atoms with van der Waals surface area (Å²) in [4.78, 5) is 4.96. The molecule has 2 atom stereocenters. The zero-order chi connectivity index (χ0) is 91.8. The van der Waals surface area contributed by atoms with E-state index in [2.05, 4.69) is 541 Å². The lowest BCUT2D eigenvalue weighted by atomic mass is 9.65. The maximum Gasteiger partial charge on any atom is 0.0754 e. The highest BCUT2D eigenvalue weighted by molar-refractivity contribution is 6.17. The summed E-state index contributed by atoms with van der Waals surface area (Å²) in [7, 11) is 0. The van der Waals surface area contributed by atoms with E-state index in [9.17, 15) is 0 Å². The number of fused-ring (bicyclic) bond motifs is 26. The molecule has 0 saturated heterocycles. The standard InChI is InChI=1S/C136H86N4/c1-4-31-87(32-5-1)89-61-65-92(66-62-89)103-39-16-23-56-125(103)137(99-37-8-3-9-38-99)128-81-78-101(105-41-10-12-45-111(105)128)98-72-77-110-108-44-15-20-51-118(108)136(124(110)86-98)120-53-22-27-60-132(120)140-130-80-73-96(84-116(130)115-49-30-55-122(136)134(115)140)95-36-28-35-94(83-95)91-69-74-100(75-70-91)138(126-57-24-17-40-104(126)93-67-63-90(64-68-93)88-33-6-2-7-34-88)129-82-79-102(106-42-11-13-46-112(106)129)97-71-76-109-107-43-14-19-50-117(107)135(123(109)85-97)119-52-21-26-59-131(119)139-127-58-25-18-47-113(127)114-48-29-54-121(135)133(114)139/h1-86H. The third kappa shape index (κ3) is 11.6. The first-order chi connectivity index (χ1) is 69.5. The van der Waals surface area contributed by atoms with Crippen molar-refractivity contribution in [1.82, 2.24) is 9.13 Å².